The lowest BCUT2D eigenvalue weighted by Crippen LogP contribution is -2.44. The van der Waals surface area contributed by atoms with E-state index < -0.39 is 0 Å². The highest BCUT2D eigenvalue weighted by atomic mass is 32.2. The van der Waals surface area contributed by atoms with Crippen LogP contribution in [0.5, 0.6) is 0 Å². The maximum atomic E-state index is 13.1. The minimum absolute atomic E-state index is 0.266. The molecule has 0 saturated heterocycles. The molecule has 4 rings (SSSR count). The van der Waals surface area contributed by atoms with E-state index >= 15 is 0 Å². The topological polar surface area (TPSA) is 0 Å². The van der Waals surface area contributed by atoms with Gasteiger partial charge in [0, 0.05) is 5.41 Å². The monoisotopic (exact) mass is 346 g/mol. The predicted octanol–water partition coefficient (Wildman–Crippen LogP) is 6.85. The first-order chi connectivity index (χ1) is 11.6. The highest BCUT2D eigenvalue weighted by Gasteiger charge is 2.53. The second-order valence-corrected chi connectivity index (χ2v) is 9.83. The van der Waals surface area contributed by atoms with Gasteiger partial charge < -0.3 is 0 Å². The van der Waals surface area contributed by atoms with Crippen molar-refractivity contribution in [2.24, 2.45) is 22.7 Å². The molecule has 0 bridgehead atoms. The van der Waals surface area contributed by atoms with Crippen LogP contribution in [0.1, 0.15) is 64.7 Å². The minimum Gasteiger partial charge on any atom is -0.215 e. The van der Waals surface area contributed by atoms with E-state index in [1.807, 2.05) is 11.8 Å². The summed E-state index contributed by atoms with van der Waals surface area (Å²) in [5, 5.41) is 0. The highest BCUT2D eigenvalue weighted by Crippen LogP contribution is 2.64. The number of fused-ring (bicyclic) bond motifs is 5. The van der Waals surface area contributed by atoms with E-state index in [1.165, 1.54) is 50.7 Å². The van der Waals surface area contributed by atoms with Gasteiger partial charge in [0.25, 0.3) is 0 Å². The van der Waals surface area contributed by atoms with Crippen molar-refractivity contribution in [1.82, 2.24) is 0 Å². The van der Waals surface area contributed by atoms with Gasteiger partial charge in [0.15, 0.2) is 0 Å². The van der Waals surface area contributed by atoms with E-state index in [1.54, 1.807) is 11.1 Å². The van der Waals surface area contributed by atoms with Crippen LogP contribution in [0.25, 0.3) is 0 Å². The summed E-state index contributed by atoms with van der Waals surface area (Å²) in [5.41, 5.74) is 5.08. The zero-order valence-electron chi connectivity index (χ0n) is 15.2. The molecule has 4 aliphatic rings. The Morgan fingerprint density at radius 3 is 2.96 bits per heavy atom. The summed E-state index contributed by atoms with van der Waals surface area (Å²) in [4.78, 5) is 0. The zero-order chi connectivity index (χ0) is 16.8. The van der Waals surface area contributed by atoms with Crippen molar-refractivity contribution in [2.75, 3.05) is 12.0 Å². The Kier molecular flexibility index (Phi) is 4.48. The third kappa shape index (κ3) is 2.47. The fourth-order valence-corrected chi connectivity index (χ4v) is 7.07. The van der Waals surface area contributed by atoms with E-state index in [0.717, 1.165) is 36.6 Å². The summed E-state index contributed by atoms with van der Waals surface area (Å²) >= 11 is 1.97. The van der Waals surface area contributed by atoms with Crippen molar-refractivity contribution >= 4 is 11.8 Å². The molecule has 24 heavy (non-hydrogen) atoms. The van der Waals surface area contributed by atoms with Gasteiger partial charge in [0.2, 0.25) is 0 Å². The molecule has 4 atom stereocenters. The lowest BCUT2D eigenvalue weighted by atomic mass is 9.50. The van der Waals surface area contributed by atoms with Crippen LogP contribution < -0.4 is 0 Å². The lowest BCUT2D eigenvalue weighted by Gasteiger charge is -2.54. The van der Waals surface area contributed by atoms with Crippen molar-refractivity contribution in [3.63, 3.8) is 0 Å². The lowest BCUT2D eigenvalue weighted by molar-refractivity contribution is 0.116. The van der Waals surface area contributed by atoms with E-state index in [4.69, 9.17) is 0 Å². The molecule has 0 aliphatic heterocycles. The molecule has 0 aromatic heterocycles. The van der Waals surface area contributed by atoms with E-state index in [2.05, 4.69) is 25.3 Å². The van der Waals surface area contributed by atoms with E-state index in [-0.39, 0.29) is 5.41 Å². The maximum absolute atomic E-state index is 13.1. The summed E-state index contributed by atoms with van der Waals surface area (Å²) in [6.45, 7) is 2.54. The maximum Gasteiger partial charge on any atom is 0.0898 e. The van der Waals surface area contributed by atoms with Crippen molar-refractivity contribution in [1.29, 1.82) is 0 Å². The number of thioether (sulfide) groups is 1. The molecule has 0 amide bonds. The summed E-state index contributed by atoms with van der Waals surface area (Å²) in [5.74, 6) is 2.93. The second-order valence-electron chi connectivity index (χ2n) is 8.84. The second kappa shape index (κ2) is 6.34. The van der Waals surface area contributed by atoms with Crippen LogP contribution in [0.3, 0.4) is 0 Å². The first kappa shape index (κ1) is 16.9. The number of allylic oxidation sites excluding steroid dienone is 5. The van der Waals surface area contributed by atoms with Crippen molar-refractivity contribution < 1.29 is 4.39 Å². The van der Waals surface area contributed by atoms with Gasteiger partial charge in [-0.1, -0.05) is 36.6 Å². The molecule has 0 heterocycles. The van der Waals surface area contributed by atoms with Crippen LogP contribution in [0.4, 0.5) is 4.39 Å². The third-order valence-electron chi connectivity index (χ3n) is 7.80. The normalized spacial score (nSPS) is 42.9. The van der Waals surface area contributed by atoms with Gasteiger partial charge in [0.1, 0.15) is 0 Å². The van der Waals surface area contributed by atoms with E-state index in [0.29, 0.717) is 5.41 Å². The Morgan fingerprint density at radius 2 is 2.17 bits per heavy atom. The molecule has 0 spiro atoms. The molecule has 0 aromatic carbocycles. The summed E-state index contributed by atoms with van der Waals surface area (Å²) < 4.78 is 13.1. The van der Waals surface area contributed by atoms with Gasteiger partial charge in [0.05, 0.1) is 6.33 Å². The number of hydrogen-bond acceptors (Lipinski definition) is 1. The van der Waals surface area contributed by atoms with Crippen molar-refractivity contribution in [3.8, 4) is 0 Å². The van der Waals surface area contributed by atoms with Crippen molar-refractivity contribution in [3.05, 3.63) is 35.2 Å². The van der Waals surface area contributed by atoms with Crippen LogP contribution in [-0.4, -0.2) is 12.0 Å². The summed E-state index contributed by atoms with van der Waals surface area (Å²) in [7, 11) is 0. The SMILES string of the molecule is CSCC[C@]12CCC(=CF)C=C1CC[C@@H]1C2=CC[C@]2(C)CCC[C@@H]12. The molecule has 4 aliphatic carbocycles. The molecule has 0 unspecified atom stereocenters. The predicted molar refractivity (Wildman–Crippen MR) is 103 cm³/mol. The Morgan fingerprint density at radius 1 is 1.29 bits per heavy atom. The highest BCUT2D eigenvalue weighted by molar-refractivity contribution is 7.98. The van der Waals surface area contributed by atoms with Crippen LogP contribution in [0, 0.1) is 22.7 Å². The first-order valence-electron chi connectivity index (χ1n) is 9.83. The minimum atomic E-state index is 0.266. The fraction of sp³-hybridized carbons (Fsp3) is 0.727. The van der Waals surface area contributed by atoms with Crippen LogP contribution in [0.15, 0.2) is 35.2 Å². The van der Waals surface area contributed by atoms with Gasteiger partial charge in [-0.25, -0.2) is 4.39 Å². The van der Waals surface area contributed by atoms with Crippen LogP contribution >= 0.6 is 11.8 Å². The average molecular weight is 347 g/mol. The largest absolute Gasteiger partial charge is 0.215 e. The molecule has 2 fully saturated rings. The summed E-state index contributed by atoms with van der Waals surface area (Å²) in [6.07, 6.45) is 19.3. The van der Waals surface area contributed by atoms with Crippen LogP contribution in [-0.2, 0) is 0 Å². The average Bonchev–Trinajstić information content (AvgIpc) is 3.01. The third-order valence-corrected chi connectivity index (χ3v) is 8.41. The van der Waals surface area contributed by atoms with Crippen molar-refractivity contribution in [2.45, 2.75) is 64.7 Å². The van der Waals surface area contributed by atoms with Gasteiger partial charge in [-0.2, -0.15) is 11.8 Å². The molecule has 2 saturated carbocycles. The Hall–Kier alpha value is -0.500. The Balaban J connectivity index is 1.76. The summed E-state index contributed by atoms with van der Waals surface area (Å²) in [6, 6.07) is 0. The fourth-order valence-electron chi connectivity index (χ4n) is 6.51. The number of rotatable bonds is 3. The number of halogens is 1. The van der Waals surface area contributed by atoms with Gasteiger partial charge in [-0.3, -0.25) is 0 Å². The zero-order valence-corrected chi connectivity index (χ0v) is 16.1. The molecule has 0 N–H and O–H groups in total. The Labute approximate surface area is 151 Å². The Bertz CT molecular complexity index is 601. The van der Waals surface area contributed by atoms with Gasteiger partial charge in [-0.05, 0) is 86.2 Å². The molecule has 0 nitrogen and oxygen atoms in total. The smallest absolute Gasteiger partial charge is 0.0898 e. The standard InChI is InChI=1S/C22H31FS/c1-21-9-3-4-19(21)18-6-5-17-14-16(15-23)7-11-22(17,12-13-24-2)20(18)8-10-21/h8,14-15,18-19H,3-7,9-13H2,1-2H3/t18-,19-,21-,22+/m0/s1. The molecular formula is C22H31FS. The molecule has 0 aromatic rings. The van der Waals surface area contributed by atoms with Crippen LogP contribution in [0.2, 0.25) is 0 Å². The molecule has 0 radical (unpaired) electrons. The van der Waals surface area contributed by atoms with Gasteiger partial charge in [-0.15, -0.1) is 0 Å². The first-order valence-corrected chi connectivity index (χ1v) is 11.2. The van der Waals surface area contributed by atoms with Gasteiger partial charge >= 0.3 is 0 Å². The number of hydrogen-bond donors (Lipinski definition) is 0. The van der Waals surface area contributed by atoms with E-state index in [9.17, 15) is 4.39 Å². The molecular weight excluding hydrogens is 315 g/mol. The quantitative estimate of drug-likeness (QED) is 0.504. The molecule has 132 valence electrons. The molecule has 2 heteroatoms.